The van der Waals surface area contributed by atoms with Crippen molar-refractivity contribution in [2.75, 3.05) is 5.73 Å². The van der Waals surface area contributed by atoms with Crippen LogP contribution in [-0.4, -0.2) is 26.0 Å². The summed E-state index contributed by atoms with van der Waals surface area (Å²) >= 11 is 0. The van der Waals surface area contributed by atoms with Crippen LogP contribution in [0.4, 0.5) is 10.2 Å². The van der Waals surface area contributed by atoms with Gasteiger partial charge in [0.05, 0.1) is 17.8 Å². The lowest BCUT2D eigenvalue weighted by atomic mass is 9.92. The van der Waals surface area contributed by atoms with Gasteiger partial charge in [-0.15, -0.1) is 0 Å². The fourth-order valence-corrected chi connectivity index (χ4v) is 3.27. The molecule has 0 saturated carbocycles. The van der Waals surface area contributed by atoms with Gasteiger partial charge in [-0.3, -0.25) is 4.79 Å². The summed E-state index contributed by atoms with van der Waals surface area (Å²) in [6.07, 6.45) is 1.30. The Morgan fingerprint density at radius 3 is 2.44 bits per heavy atom. The molecule has 1 unspecified atom stereocenters. The molecule has 2 aromatic heterocycles. The number of aliphatic carboxylic acids is 1. The zero-order valence-corrected chi connectivity index (χ0v) is 16.9. The second-order valence-corrected chi connectivity index (χ2v) is 7.04. The zero-order valence-electron chi connectivity index (χ0n) is 16.9. The van der Waals surface area contributed by atoms with Gasteiger partial charge in [0.1, 0.15) is 17.4 Å². The Hall–Kier alpha value is -4.33. The summed E-state index contributed by atoms with van der Waals surface area (Å²) in [6, 6.07) is 20.0. The molecule has 8 heteroatoms. The molecule has 32 heavy (non-hydrogen) atoms. The van der Waals surface area contributed by atoms with Crippen LogP contribution in [0.15, 0.2) is 79.0 Å². The first-order chi connectivity index (χ1) is 15.5. The van der Waals surface area contributed by atoms with E-state index in [4.69, 9.17) is 10.5 Å². The van der Waals surface area contributed by atoms with Crippen LogP contribution in [-0.2, 0) is 4.79 Å². The summed E-state index contributed by atoms with van der Waals surface area (Å²) < 4.78 is 19.1. The van der Waals surface area contributed by atoms with Gasteiger partial charge in [0.15, 0.2) is 0 Å². The molecule has 0 fully saturated rings. The number of nitrogens with zero attached hydrogens (tertiary/aromatic N) is 3. The Balaban J connectivity index is 1.56. The molecule has 3 N–H and O–H groups in total. The number of aromatic nitrogens is 3. The molecule has 160 valence electrons. The zero-order chi connectivity index (χ0) is 22.5. The average Bonchev–Trinajstić information content (AvgIpc) is 2.79. The van der Waals surface area contributed by atoms with Crippen LogP contribution in [0.3, 0.4) is 0 Å². The molecule has 0 saturated heterocycles. The van der Waals surface area contributed by atoms with E-state index in [1.807, 2.05) is 24.3 Å². The number of rotatable bonds is 7. The minimum atomic E-state index is -0.994. The van der Waals surface area contributed by atoms with E-state index in [-0.39, 0.29) is 12.4 Å². The maximum absolute atomic E-state index is 13.3. The number of ether oxygens (including phenoxy) is 1. The third-order valence-corrected chi connectivity index (χ3v) is 4.79. The Bertz CT molecular complexity index is 1230. The Labute approximate surface area is 183 Å². The number of nitrogens with two attached hydrogens (primary N) is 1. The van der Waals surface area contributed by atoms with E-state index in [2.05, 4.69) is 15.0 Å². The fourth-order valence-electron chi connectivity index (χ4n) is 3.27. The normalized spacial score (nSPS) is 11.7. The standard InChI is InChI=1S/C24H19FN4O3/c25-17-8-4-15(5-9-17)19(14-23(30)31)21-12-13-27-24(29-21)32-18-10-6-16(7-11-18)20-2-1-3-22(26)28-20/h1-13,19H,14H2,(H2,26,28)(H,30,31). The lowest BCUT2D eigenvalue weighted by molar-refractivity contribution is -0.137. The summed E-state index contributed by atoms with van der Waals surface area (Å²) in [6.45, 7) is 0. The average molecular weight is 430 g/mol. The van der Waals surface area contributed by atoms with E-state index in [0.29, 0.717) is 22.8 Å². The highest BCUT2D eigenvalue weighted by Gasteiger charge is 2.20. The summed E-state index contributed by atoms with van der Waals surface area (Å²) in [5.74, 6) is -1.02. The number of benzene rings is 2. The smallest absolute Gasteiger partial charge is 0.322 e. The number of hydrogen-bond donors (Lipinski definition) is 2. The van der Waals surface area contributed by atoms with Crippen molar-refractivity contribution in [2.24, 2.45) is 0 Å². The number of carboxylic acids is 1. The van der Waals surface area contributed by atoms with E-state index < -0.39 is 17.7 Å². The quantitative estimate of drug-likeness (QED) is 0.439. The second kappa shape index (κ2) is 9.22. The molecule has 0 amide bonds. The van der Waals surface area contributed by atoms with E-state index in [1.165, 1.54) is 18.3 Å². The number of halogens is 1. The molecule has 2 aromatic carbocycles. The molecule has 0 aliphatic heterocycles. The minimum absolute atomic E-state index is 0.0785. The van der Waals surface area contributed by atoms with E-state index >= 15 is 0 Å². The van der Waals surface area contributed by atoms with Crippen molar-refractivity contribution in [1.82, 2.24) is 15.0 Å². The topological polar surface area (TPSA) is 111 Å². The van der Waals surface area contributed by atoms with Gasteiger partial charge in [-0.2, -0.15) is 4.98 Å². The predicted octanol–water partition coefficient (Wildman–Crippen LogP) is 4.66. The maximum atomic E-state index is 13.3. The monoisotopic (exact) mass is 430 g/mol. The van der Waals surface area contributed by atoms with Crippen molar-refractivity contribution in [1.29, 1.82) is 0 Å². The van der Waals surface area contributed by atoms with Gasteiger partial charge in [-0.25, -0.2) is 14.4 Å². The third kappa shape index (κ3) is 5.04. The SMILES string of the molecule is Nc1cccc(-c2ccc(Oc3nccc(C(CC(=O)O)c4ccc(F)cc4)n3)cc2)n1. The molecule has 1 atom stereocenters. The molecule has 2 heterocycles. The minimum Gasteiger partial charge on any atom is -0.481 e. The molecule has 4 aromatic rings. The number of carbonyl (C=O) groups is 1. The van der Waals surface area contributed by atoms with Crippen LogP contribution >= 0.6 is 0 Å². The maximum Gasteiger partial charge on any atom is 0.322 e. The Morgan fingerprint density at radius 1 is 1.00 bits per heavy atom. The molecular formula is C24H19FN4O3. The largest absolute Gasteiger partial charge is 0.481 e. The highest BCUT2D eigenvalue weighted by Crippen LogP contribution is 2.29. The van der Waals surface area contributed by atoms with Crippen molar-refractivity contribution in [3.05, 3.63) is 96.1 Å². The molecule has 0 bridgehead atoms. The molecule has 7 nitrogen and oxygen atoms in total. The number of hydrogen-bond acceptors (Lipinski definition) is 6. The number of anilines is 1. The van der Waals surface area contributed by atoms with Gasteiger partial charge in [-0.1, -0.05) is 18.2 Å². The molecule has 0 radical (unpaired) electrons. The molecule has 0 spiro atoms. The molecule has 4 rings (SSSR count). The van der Waals surface area contributed by atoms with Gasteiger partial charge in [0.25, 0.3) is 0 Å². The fraction of sp³-hybridized carbons (Fsp3) is 0.0833. The van der Waals surface area contributed by atoms with Crippen molar-refractivity contribution in [3.63, 3.8) is 0 Å². The summed E-state index contributed by atoms with van der Waals surface area (Å²) in [5, 5.41) is 9.34. The van der Waals surface area contributed by atoms with Gasteiger partial charge in [0.2, 0.25) is 0 Å². The van der Waals surface area contributed by atoms with Crippen LogP contribution in [0.25, 0.3) is 11.3 Å². The molecule has 0 aliphatic carbocycles. The third-order valence-electron chi connectivity index (χ3n) is 4.79. The highest BCUT2D eigenvalue weighted by molar-refractivity contribution is 5.69. The van der Waals surface area contributed by atoms with Crippen LogP contribution in [0.1, 0.15) is 23.6 Å². The summed E-state index contributed by atoms with van der Waals surface area (Å²) in [5.41, 5.74) is 8.45. The van der Waals surface area contributed by atoms with Crippen molar-refractivity contribution >= 4 is 11.8 Å². The van der Waals surface area contributed by atoms with Gasteiger partial charge in [-0.05, 0) is 60.2 Å². The lowest BCUT2D eigenvalue weighted by Crippen LogP contribution is -2.10. The second-order valence-electron chi connectivity index (χ2n) is 7.04. The van der Waals surface area contributed by atoms with Crippen LogP contribution in [0.5, 0.6) is 11.8 Å². The number of pyridine rings is 1. The van der Waals surface area contributed by atoms with E-state index in [9.17, 15) is 14.3 Å². The van der Waals surface area contributed by atoms with Crippen molar-refractivity contribution in [3.8, 4) is 23.0 Å². The van der Waals surface area contributed by atoms with Gasteiger partial charge < -0.3 is 15.6 Å². The van der Waals surface area contributed by atoms with Crippen LogP contribution < -0.4 is 10.5 Å². The summed E-state index contributed by atoms with van der Waals surface area (Å²) in [4.78, 5) is 24.2. The van der Waals surface area contributed by atoms with Crippen molar-refractivity contribution in [2.45, 2.75) is 12.3 Å². The number of carboxylic acid groups (broad SMARTS) is 1. The number of nitrogen functional groups attached to an aromatic ring is 1. The van der Waals surface area contributed by atoms with Gasteiger partial charge >= 0.3 is 12.0 Å². The summed E-state index contributed by atoms with van der Waals surface area (Å²) in [7, 11) is 0. The highest BCUT2D eigenvalue weighted by atomic mass is 19.1. The first-order valence-corrected chi connectivity index (χ1v) is 9.79. The van der Waals surface area contributed by atoms with E-state index in [1.54, 1.807) is 36.4 Å². The van der Waals surface area contributed by atoms with Crippen LogP contribution in [0, 0.1) is 5.82 Å². The van der Waals surface area contributed by atoms with E-state index in [0.717, 1.165) is 11.3 Å². The first-order valence-electron chi connectivity index (χ1n) is 9.79. The predicted molar refractivity (Wildman–Crippen MR) is 117 cm³/mol. The van der Waals surface area contributed by atoms with Gasteiger partial charge in [0, 0.05) is 17.7 Å². The lowest BCUT2D eigenvalue weighted by Gasteiger charge is -2.15. The molecule has 0 aliphatic rings. The Kier molecular flexibility index (Phi) is 6.03. The first kappa shape index (κ1) is 20.9. The molecular weight excluding hydrogens is 411 g/mol. The van der Waals surface area contributed by atoms with Crippen molar-refractivity contribution < 1.29 is 19.0 Å². The Morgan fingerprint density at radius 2 is 1.75 bits per heavy atom. The van der Waals surface area contributed by atoms with Crippen LogP contribution in [0.2, 0.25) is 0 Å².